The van der Waals surface area contributed by atoms with E-state index >= 15 is 0 Å². The second-order valence-electron chi connectivity index (χ2n) is 6.30. The molecule has 18 heavy (non-hydrogen) atoms. The summed E-state index contributed by atoms with van der Waals surface area (Å²) in [5.74, 6) is 0.605. The van der Waals surface area contributed by atoms with Crippen molar-refractivity contribution in [2.45, 2.75) is 38.8 Å². The number of carbonyl (C=O) groups excluding carboxylic acids is 1. The van der Waals surface area contributed by atoms with E-state index in [2.05, 4.69) is 5.32 Å². The fourth-order valence-corrected chi connectivity index (χ4v) is 3.00. The monoisotopic (exact) mass is 256 g/mol. The van der Waals surface area contributed by atoms with Gasteiger partial charge in [-0.25, -0.2) is 4.79 Å². The molecule has 5 nitrogen and oxygen atoms in total. The summed E-state index contributed by atoms with van der Waals surface area (Å²) in [6, 6.07) is 0.172. The van der Waals surface area contributed by atoms with Gasteiger partial charge in [-0.1, -0.05) is 0 Å². The third kappa shape index (κ3) is 2.78. The average molecular weight is 256 g/mol. The van der Waals surface area contributed by atoms with Crippen LogP contribution >= 0.6 is 0 Å². The first-order chi connectivity index (χ1) is 8.42. The third-order valence-electron chi connectivity index (χ3n) is 3.80. The maximum atomic E-state index is 12.2. The number of fused-ring (bicyclic) bond motifs is 1. The molecule has 0 aliphatic carbocycles. The summed E-state index contributed by atoms with van der Waals surface area (Å²) in [6.07, 6.45) is 0.770. The zero-order valence-electron chi connectivity index (χ0n) is 11.5. The minimum Gasteiger partial charge on any atom is -0.444 e. The zero-order valence-corrected chi connectivity index (χ0v) is 11.5. The highest BCUT2D eigenvalue weighted by atomic mass is 16.6. The van der Waals surface area contributed by atoms with Gasteiger partial charge in [-0.3, -0.25) is 0 Å². The van der Waals surface area contributed by atoms with Crippen LogP contribution in [-0.2, 0) is 4.74 Å². The van der Waals surface area contributed by atoms with Crippen molar-refractivity contribution in [2.75, 3.05) is 26.2 Å². The number of amides is 1. The van der Waals surface area contributed by atoms with E-state index in [0.717, 1.165) is 19.5 Å². The van der Waals surface area contributed by atoms with E-state index in [-0.39, 0.29) is 24.7 Å². The summed E-state index contributed by atoms with van der Waals surface area (Å²) in [6.45, 7) is 8.17. The largest absolute Gasteiger partial charge is 0.444 e. The number of rotatable bonds is 1. The number of piperidine rings is 1. The van der Waals surface area contributed by atoms with Gasteiger partial charge in [0.05, 0.1) is 6.04 Å². The number of carbonyl (C=O) groups is 1. The first kappa shape index (κ1) is 13.6. The zero-order chi connectivity index (χ0) is 13.3. The number of hydrogen-bond donors (Lipinski definition) is 2. The second-order valence-corrected chi connectivity index (χ2v) is 6.30. The van der Waals surface area contributed by atoms with Gasteiger partial charge in [-0.15, -0.1) is 0 Å². The molecule has 0 aromatic heterocycles. The summed E-state index contributed by atoms with van der Waals surface area (Å²) in [5.41, 5.74) is -0.466. The van der Waals surface area contributed by atoms with Gasteiger partial charge >= 0.3 is 6.09 Å². The molecule has 0 bridgehead atoms. The van der Waals surface area contributed by atoms with Crippen LogP contribution in [0.3, 0.4) is 0 Å². The van der Waals surface area contributed by atoms with E-state index in [0.29, 0.717) is 12.5 Å². The molecular weight excluding hydrogens is 232 g/mol. The van der Waals surface area contributed by atoms with Crippen LogP contribution < -0.4 is 5.32 Å². The van der Waals surface area contributed by atoms with Crippen LogP contribution in [0.1, 0.15) is 27.2 Å². The Bertz CT molecular complexity index is 314. The molecule has 2 rings (SSSR count). The lowest BCUT2D eigenvalue weighted by Gasteiger charge is -2.33. The van der Waals surface area contributed by atoms with Crippen molar-refractivity contribution in [3.05, 3.63) is 0 Å². The number of likely N-dealkylation sites (tertiary alicyclic amines) is 1. The van der Waals surface area contributed by atoms with Crippen molar-refractivity contribution in [3.63, 3.8) is 0 Å². The van der Waals surface area contributed by atoms with Crippen LogP contribution in [0.2, 0.25) is 0 Å². The smallest absolute Gasteiger partial charge is 0.410 e. The van der Waals surface area contributed by atoms with Crippen molar-refractivity contribution in [2.24, 2.45) is 11.8 Å². The summed E-state index contributed by atoms with van der Waals surface area (Å²) < 4.78 is 5.44. The predicted molar refractivity (Wildman–Crippen MR) is 68.3 cm³/mol. The van der Waals surface area contributed by atoms with Gasteiger partial charge in [0, 0.05) is 25.6 Å². The van der Waals surface area contributed by atoms with Crippen molar-refractivity contribution in [3.8, 4) is 0 Å². The Balaban J connectivity index is 2.06. The molecule has 2 heterocycles. The first-order valence-electron chi connectivity index (χ1n) is 6.73. The first-order valence-corrected chi connectivity index (χ1v) is 6.73. The van der Waals surface area contributed by atoms with E-state index in [9.17, 15) is 9.90 Å². The number of aliphatic hydroxyl groups excluding tert-OH is 1. The quantitative estimate of drug-likeness (QED) is 0.729. The van der Waals surface area contributed by atoms with E-state index in [1.165, 1.54) is 0 Å². The Morgan fingerprint density at radius 2 is 2.22 bits per heavy atom. The summed E-state index contributed by atoms with van der Waals surface area (Å²) >= 11 is 0. The van der Waals surface area contributed by atoms with Crippen molar-refractivity contribution in [1.29, 1.82) is 0 Å². The van der Waals surface area contributed by atoms with Crippen LogP contribution in [0, 0.1) is 11.8 Å². The number of nitrogens with one attached hydrogen (secondary N) is 1. The van der Waals surface area contributed by atoms with Crippen LogP contribution in [0.5, 0.6) is 0 Å². The Labute approximate surface area is 108 Å². The van der Waals surface area contributed by atoms with Gasteiger partial charge in [0.2, 0.25) is 0 Å². The topological polar surface area (TPSA) is 61.8 Å². The lowest BCUT2D eigenvalue weighted by Crippen LogP contribution is -2.49. The molecule has 3 atom stereocenters. The molecule has 2 aliphatic rings. The van der Waals surface area contributed by atoms with E-state index in [1.807, 2.05) is 20.8 Å². The molecule has 1 amide bonds. The van der Waals surface area contributed by atoms with E-state index in [4.69, 9.17) is 4.74 Å². The molecule has 0 aromatic carbocycles. The molecular formula is C13H24N2O3. The minimum atomic E-state index is -0.466. The second kappa shape index (κ2) is 5.05. The lowest BCUT2D eigenvalue weighted by molar-refractivity contribution is 0.0194. The van der Waals surface area contributed by atoms with E-state index < -0.39 is 5.60 Å². The van der Waals surface area contributed by atoms with Gasteiger partial charge in [0.1, 0.15) is 5.60 Å². The highest BCUT2D eigenvalue weighted by molar-refractivity contribution is 5.69. The molecule has 2 saturated heterocycles. The number of nitrogens with zero attached hydrogens (tertiary/aromatic N) is 1. The third-order valence-corrected chi connectivity index (χ3v) is 3.80. The Morgan fingerprint density at radius 3 is 2.83 bits per heavy atom. The Kier molecular flexibility index (Phi) is 3.82. The molecule has 0 aromatic rings. The van der Waals surface area contributed by atoms with Crippen LogP contribution in [0.4, 0.5) is 4.79 Å². The van der Waals surface area contributed by atoms with Gasteiger partial charge in [-0.05, 0) is 39.7 Å². The van der Waals surface area contributed by atoms with Gasteiger partial charge in [0.15, 0.2) is 0 Å². The van der Waals surface area contributed by atoms with Crippen LogP contribution in [-0.4, -0.2) is 54.0 Å². The molecule has 2 aliphatic heterocycles. The van der Waals surface area contributed by atoms with Crippen molar-refractivity contribution in [1.82, 2.24) is 10.2 Å². The standard InChI is InChI=1S/C13H24N2O3/c1-13(2,3)18-12(17)15-7-9(8-16)10-4-5-14-6-11(10)15/h9-11,14,16H,4-8H2,1-3H3/t9-,10+,11+/m1/s1. The molecule has 0 radical (unpaired) electrons. The molecule has 104 valence electrons. The number of hydrogen-bond acceptors (Lipinski definition) is 4. The molecule has 2 fully saturated rings. The number of ether oxygens (including phenoxy) is 1. The Hall–Kier alpha value is -0.810. The molecule has 2 N–H and O–H groups in total. The van der Waals surface area contributed by atoms with Crippen molar-refractivity contribution >= 4 is 6.09 Å². The average Bonchev–Trinajstić information content (AvgIpc) is 2.65. The molecule has 5 heteroatoms. The normalized spacial score (nSPS) is 32.2. The van der Waals surface area contributed by atoms with E-state index in [1.54, 1.807) is 4.90 Å². The van der Waals surface area contributed by atoms with Gasteiger partial charge in [-0.2, -0.15) is 0 Å². The minimum absolute atomic E-state index is 0.153. The summed E-state index contributed by atoms with van der Waals surface area (Å²) in [7, 11) is 0. The fourth-order valence-electron chi connectivity index (χ4n) is 3.00. The highest BCUT2D eigenvalue weighted by Crippen LogP contribution is 2.34. The molecule has 0 unspecified atom stereocenters. The SMILES string of the molecule is CC(C)(C)OC(=O)N1C[C@H](CO)[C@@H]2CCNC[C@@H]21. The highest BCUT2D eigenvalue weighted by Gasteiger charge is 2.45. The maximum absolute atomic E-state index is 12.2. The van der Waals surface area contributed by atoms with Crippen molar-refractivity contribution < 1.29 is 14.6 Å². The predicted octanol–water partition coefficient (Wildman–Crippen LogP) is 0.824. The van der Waals surface area contributed by atoms with Crippen LogP contribution in [0.15, 0.2) is 0 Å². The lowest BCUT2D eigenvalue weighted by atomic mass is 9.86. The van der Waals surface area contributed by atoms with Gasteiger partial charge in [0.25, 0.3) is 0 Å². The van der Waals surface area contributed by atoms with Crippen LogP contribution in [0.25, 0.3) is 0 Å². The number of aliphatic hydroxyl groups is 1. The Morgan fingerprint density at radius 1 is 1.50 bits per heavy atom. The van der Waals surface area contributed by atoms with Gasteiger partial charge < -0.3 is 20.1 Å². The maximum Gasteiger partial charge on any atom is 0.410 e. The summed E-state index contributed by atoms with van der Waals surface area (Å²) in [4.78, 5) is 14.0. The molecule has 0 spiro atoms. The summed E-state index contributed by atoms with van der Waals surface area (Å²) in [5, 5.41) is 12.8. The fraction of sp³-hybridized carbons (Fsp3) is 0.923. The molecule has 0 saturated carbocycles.